The molecule has 0 fully saturated rings. The van der Waals surface area contributed by atoms with Crippen molar-refractivity contribution in [2.45, 2.75) is 64.7 Å². The van der Waals surface area contributed by atoms with Crippen LogP contribution in [0.1, 0.15) is 76.3 Å². The van der Waals surface area contributed by atoms with Crippen LogP contribution in [0.15, 0.2) is 231 Å². The van der Waals surface area contributed by atoms with E-state index in [-0.39, 0.29) is 23.0 Å². The second kappa shape index (κ2) is 18.1. The first kappa shape index (κ1) is 45.6. The predicted molar refractivity (Wildman–Crippen MR) is 303 cm³/mol. The van der Waals surface area contributed by atoms with Gasteiger partial charge in [-0.25, -0.2) is 4.98 Å². The van der Waals surface area contributed by atoms with Crippen molar-refractivity contribution in [3.63, 3.8) is 0 Å². The van der Waals surface area contributed by atoms with E-state index in [0.717, 1.165) is 22.5 Å². The molecule has 0 amide bonds. The molecule has 0 saturated carbocycles. The van der Waals surface area contributed by atoms with Crippen LogP contribution in [0.2, 0.25) is 0 Å². The minimum absolute atomic E-state index is 0.0192. The van der Waals surface area contributed by atoms with Crippen molar-refractivity contribution in [3.8, 4) is 16.9 Å². The van der Waals surface area contributed by atoms with Crippen molar-refractivity contribution in [2.75, 3.05) is 16.5 Å². The standard InChI is InChI=1S/C66H61BN4/c1-64(2,3)51-34-35-68-63(43-51)71-61-31-21-20-30-59(61)60-33-32-55(45-62(60)71)67(54-28-18-11-19-29-54)56-38-48(47-22-12-8-13-23-47)39-57(44-56)69-36-37-70(46-69)58-41-52(65(4,5)49-24-14-9-15-25-49)40-53(42-58)66(6,7)50-26-16-10-17-27-50/h8-45H,46H2,1-7H3. The zero-order chi connectivity index (χ0) is 48.9. The molecule has 0 N–H and O–H groups in total. The Morgan fingerprint density at radius 3 is 1.56 bits per heavy atom. The van der Waals surface area contributed by atoms with Crippen molar-refractivity contribution < 1.29 is 0 Å². The van der Waals surface area contributed by atoms with Gasteiger partial charge in [0, 0.05) is 51.6 Å². The summed E-state index contributed by atoms with van der Waals surface area (Å²) in [5.74, 6) is 0.931. The number of benzene rings is 8. The summed E-state index contributed by atoms with van der Waals surface area (Å²) in [5.41, 5.74) is 16.6. The molecule has 10 aromatic rings. The number of fused-ring (bicyclic) bond motifs is 3. The van der Waals surface area contributed by atoms with Crippen LogP contribution in [0.25, 0.3) is 38.8 Å². The fourth-order valence-electron chi connectivity index (χ4n) is 10.7. The fourth-order valence-corrected chi connectivity index (χ4v) is 10.7. The van der Waals surface area contributed by atoms with Gasteiger partial charge in [0.25, 0.3) is 0 Å². The Labute approximate surface area is 420 Å². The molecule has 11 rings (SSSR count). The number of nitrogens with zero attached hydrogens (tertiary/aromatic N) is 4. The van der Waals surface area contributed by atoms with E-state index >= 15 is 0 Å². The second-order valence-corrected chi connectivity index (χ2v) is 21.4. The van der Waals surface area contributed by atoms with Gasteiger partial charge in [-0.15, -0.1) is 0 Å². The highest BCUT2D eigenvalue weighted by Gasteiger charge is 2.31. The maximum atomic E-state index is 5.02. The quantitative estimate of drug-likeness (QED) is 0.121. The third-order valence-corrected chi connectivity index (χ3v) is 15.1. The molecule has 4 nitrogen and oxygen atoms in total. The minimum atomic E-state index is -0.225. The number of rotatable bonds is 11. The molecule has 0 atom stereocenters. The molecule has 71 heavy (non-hydrogen) atoms. The predicted octanol–water partition coefficient (Wildman–Crippen LogP) is 14.1. The zero-order valence-electron chi connectivity index (χ0n) is 42.0. The highest BCUT2D eigenvalue weighted by atomic mass is 15.3. The van der Waals surface area contributed by atoms with E-state index in [1.165, 1.54) is 71.8 Å². The van der Waals surface area contributed by atoms with Gasteiger partial charge < -0.3 is 9.80 Å². The van der Waals surface area contributed by atoms with Gasteiger partial charge in [0.05, 0.1) is 17.7 Å². The van der Waals surface area contributed by atoms with Gasteiger partial charge in [-0.05, 0) is 92.9 Å². The number of para-hydroxylation sites is 1. The number of pyridine rings is 1. The first-order valence-electron chi connectivity index (χ1n) is 25.1. The van der Waals surface area contributed by atoms with Gasteiger partial charge in [0.1, 0.15) is 5.82 Å². The van der Waals surface area contributed by atoms with Crippen molar-refractivity contribution in [1.29, 1.82) is 0 Å². The van der Waals surface area contributed by atoms with Crippen LogP contribution < -0.4 is 26.2 Å². The lowest BCUT2D eigenvalue weighted by Crippen LogP contribution is -2.52. The summed E-state index contributed by atoms with van der Waals surface area (Å²) in [5, 5.41) is 2.43. The first-order chi connectivity index (χ1) is 34.3. The summed E-state index contributed by atoms with van der Waals surface area (Å²) in [6.07, 6.45) is 6.48. The fraction of sp³-hybridized carbons (Fsp3) is 0.167. The Hall–Kier alpha value is -7.89. The second-order valence-electron chi connectivity index (χ2n) is 21.4. The van der Waals surface area contributed by atoms with Crippen LogP contribution in [-0.4, -0.2) is 22.9 Å². The molecule has 0 radical (unpaired) electrons. The largest absolute Gasteiger partial charge is 0.328 e. The Balaban J connectivity index is 1.04. The average Bonchev–Trinajstić information content (AvgIpc) is 4.03. The van der Waals surface area contributed by atoms with E-state index < -0.39 is 0 Å². The number of hydrogen-bond donors (Lipinski definition) is 0. The molecular weight excluding hydrogens is 860 g/mol. The van der Waals surface area contributed by atoms with Crippen LogP contribution >= 0.6 is 0 Å². The Morgan fingerprint density at radius 1 is 0.394 bits per heavy atom. The maximum absolute atomic E-state index is 5.02. The summed E-state index contributed by atoms with van der Waals surface area (Å²) in [4.78, 5) is 9.84. The molecule has 5 heteroatoms. The lowest BCUT2D eigenvalue weighted by Gasteiger charge is -2.33. The van der Waals surface area contributed by atoms with Crippen molar-refractivity contribution >= 4 is 56.3 Å². The molecule has 2 aromatic heterocycles. The molecule has 0 unspecified atom stereocenters. The number of anilines is 2. The van der Waals surface area contributed by atoms with Gasteiger partial charge in [0.15, 0.2) is 0 Å². The molecule has 348 valence electrons. The molecule has 0 spiro atoms. The summed E-state index contributed by atoms with van der Waals surface area (Å²) in [6.45, 7) is 16.8. The molecular formula is C66H61BN4. The van der Waals surface area contributed by atoms with E-state index in [1.54, 1.807) is 0 Å². The number of aromatic nitrogens is 2. The van der Waals surface area contributed by atoms with Crippen LogP contribution in [-0.2, 0) is 16.2 Å². The van der Waals surface area contributed by atoms with Gasteiger partial charge in [-0.1, -0.05) is 229 Å². The van der Waals surface area contributed by atoms with Crippen LogP contribution in [0.4, 0.5) is 11.4 Å². The minimum Gasteiger partial charge on any atom is -0.328 e. The topological polar surface area (TPSA) is 24.3 Å². The van der Waals surface area contributed by atoms with E-state index in [1.807, 2.05) is 6.20 Å². The van der Waals surface area contributed by atoms with E-state index in [0.29, 0.717) is 6.67 Å². The monoisotopic (exact) mass is 920 g/mol. The van der Waals surface area contributed by atoms with E-state index in [4.69, 9.17) is 4.98 Å². The van der Waals surface area contributed by atoms with Gasteiger partial charge in [-0.3, -0.25) is 4.57 Å². The highest BCUT2D eigenvalue weighted by Crippen LogP contribution is 2.41. The molecule has 0 bridgehead atoms. The molecule has 8 aromatic carbocycles. The molecule has 1 aliphatic heterocycles. The Morgan fingerprint density at radius 2 is 0.944 bits per heavy atom. The molecule has 0 saturated heterocycles. The lowest BCUT2D eigenvalue weighted by molar-refractivity contribution is 0.588. The van der Waals surface area contributed by atoms with E-state index in [9.17, 15) is 0 Å². The normalized spacial score (nSPS) is 13.1. The third-order valence-electron chi connectivity index (χ3n) is 15.1. The van der Waals surface area contributed by atoms with Crippen molar-refractivity contribution in [1.82, 2.24) is 9.55 Å². The highest BCUT2D eigenvalue weighted by molar-refractivity contribution is 6.95. The number of hydrogen-bond acceptors (Lipinski definition) is 3. The lowest BCUT2D eigenvalue weighted by atomic mass is 9.36. The Bertz CT molecular complexity index is 3480. The van der Waals surface area contributed by atoms with Gasteiger partial charge in [0.2, 0.25) is 6.71 Å². The van der Waals surface area contributed by atoms with Crippen LogP contribution in [0.3, 0.4) is 0 Å². The summed E-state index contributed by atoms with van der Waals surface area (Å²) < 4.78 is 2.36. The van der Waals surface area contributed by atoms with Crippen molar-refractivity contribution in [3.05, 3.63) is 259 Å². The smallest absolute Gasteiger partial charge is 0.241 e. The van der Waals surface area contributed by atoms with Gasteiger partial charge >= 0.3 is 0 Å². The van der Waals surface area contributed by atoms with Gasteiger partial charge in [-0.2, -0.15) is 0 Å². The maximum Gasteiger partial charge on any atom is 0.241 e. The zero-order valence-corrected chi connectivity index (χ0v) is 42.0. The van der Waals surface area contributed by atoms with Crippen LogP contribution in [0, 0.1) is 0 Å². The molecule has 3 heterocycles. The summed E-state index contributed by atoms with van der Waals surface area (Å²) in [6, 6.07) is 78.4. The van der Waals surface area contributed by atoms with Crippen LogP contribution in [0.5, 0.6) is 0 Å². The van der Waals surface area contributed by atoms with Crippen molar-refractivity contribution in [2.24, 2.45) is 0 Å². The average molecular weight is 921 g/mol. The first-order valence-corrected chi connectivity index (χ1v) is 25.1. The molecule has 0 aliphatic carbocycles. The third kappa shape index (κ3) is 8.65. The summed E-state index contributed by atoms with van der Waals surface area (Å²) in [7, 11) is 0. The SMILES string of the molecule is CC(C)(C)c1ccnc(-n2c3ccccc3c3ccc(B(c4ccccc4)c4cc(-c5ccccc5)cc(N5C=CN(c6cc(C(C)(C)c7ccccc7)cc(C(C)(C)c7ccccc7)c6)C5)c4)cc32)c1. The molecule has 1 aliphatic rings. The van der Waals surface area contributed by atoms with E-state index in [2.05, 4.69) is 288 Å². The summed E-state index contributed by atoms with van der Waals surface area (Å²) >= 11 is 0. The Kier molecular flexibility index (Phi) is 11.6.